The van der Waals surface area contributed by atoms with E-state index in [1.807, 2.05) is 35.2 Å². The van der Waals surface area contributed by atoms with E-state index in [0.717, 1.165) is 16.9 Å². The number of methoxy groups -OCH3 is 1. The van der Waals surface area contributed by atoms with Crippen molar-refractivity contribution in [3.63, 3.8) is 0 Å². The number of aromatic nitrogens is 3. The molecule has 128 valence electrons. The number of hydrogen-bond donors (Lipinski definition) is 1. The molecule has 0 unspecified atom stereocenters. The Morgan fingerprint density at radius 3 is 2.88 bits per heavy atom. The first-order chi connectivity index (χ1) is 12.3. The zero-order chi connectivity index (χ0) is 17.2. The van der Waals surface area contributed by atoms with Crippen molar-refractivity contribution < 1.29 is 9.47 Å². The molecule has 1 fully saturated rings. The van der Waals surface area contributed by atoms with Crippen LogP contribution in [0.15, 0.2) is 41.3 Å². The third-order valence-electron chi connectivity index (χ3n) is 4.29. The molecule has 0 spiro atoms. The van der Waals surface area contributed by atoms with Crippen LogP contribution in [0.1, 0.15) is 0 Å². The fourth-order valence-corrected chi connectivity index (χ4v) is 3.01. The Labute approximate surface area is 144 Å². The second-order valence-electron chi connectivity index (χ2n) is 5.78. The van der Waals surface area contributed by atoms with Gasteiger partial charge in [-0.1, -0.05) is 12.1 Å². The van der Waals surface area contributed by atoms with Crippen LogP contribution in [0.25, 0.3) is 22.2 Å². The van der Waals surface area contributed by atoms with Crippen molar-refractivity contribution in [2.24, 2.45) is 0 Å². The molecule has 3 heterocycles. The summed E-state index contributed by atoms with van der Waals surface area (Å²) in [5, 5.41) is 0.479. The minimum atomic E-state index is -0.197. The lowest BCUT2D eigenvalue weighted by molar-refractivity contribution is 0.122. The smallest absolute Gasteiger partial charge is 0.262 e. The Morgan fingerprint density at radius 1 is 1.24 bits per heavy atom. The number of nitrogens with one attached hydrogen (secondary N) is 1. The van der Waals surface area contributed by atoms with Gasteiger partial charge in [-0.05, 0) is 29.3 Å². The molecule has 25 heavy (non-hydrogen) atoms. The summed E-state index contributed by atoms with van der Waals surface area (Å²) in [5.41, 5.74) is 1.91. The molecule has 1 N–H and O–H groups in total. The molecule has 4 rings (SSSR count). The number of ether oxygens (including phenoxy) is 2. The lowest BCUT2D eigenvalue weighted by Gasteiger charge is -2.27. The molecule has 0 amide bonds. The number of anilines is 1. The minimum absolute atomic E-state index is 0.197. The van der Waals surface area contributed by atoms with E-state index in [2.05, 4.69) is 15.0 Å². The molecule has 7 nitrogen and oxygen atoms in total. The predicted molar refractivity (Wildman–Crippen MR) is 95.2 cm³/mol. The van der Waals surface area contributed by atoms with Gasteiger partial charge in [0.1, 0.15) is 5.75 Å². The van der Waals surface area contributed by atoms with Crippen LogP contribution in [-0.2, 0) is 4.74 Å². The van der Waals surface area contributed by atoms with E-state index in [9.17, 15) is 4.79 Å². The molecule has 1 aliphatic heterocycles. The van der Waals surface area contributed by atoms with Crippen molar-refractivity contribution in [1.82, 2.24) is 15.0 Å². The molecule has 0 bridgehead atoms. The van der Waals surface area contributed by atoms with E-state index < -0.39 is 0 Å². The summed E-state index contributed by atoms with van der Waals surface area (Å²) in [7, 11) is 1.62. The SMILES string of the molecule is COc1cccc(-c2ccnc3nc(N4CCOCC4)[nH]c(=O)c23)c1. The first-order valence-corrected chi connectivity index (χ1v) is 8.12. The second kappa shape index (κ2) is 6.52. The normalized spacial score (nSPS) is 14.7. The highest BCUT2D eigenvalue weighted by Gasteiger charge is 2.17. The number of nitrogens with zero attached hydrogens (tertiary/aromatic N) is 3. The van der Waals surface area contributed by atoms with Crippen LogP contribution in [0.4, 0.5) is 5.95 Å². The first-order valence-electron chi connectivity index (χ1n) is 8.12. The van der Waals surface area contributed by atoms with Crippen LogP contribution in [0.3, 0.4) is 0 Å². The molecule has 0 atom stereocenters. The summed E-state index contributed by atoms with van der Waals surface area (Å²) >= 11 is 0. The van der Waals surface area contributed by atoms with Crippen molar-refractivity contribution in [1.29, 1.82) is 0 Å². The van der Waals surface area contributed by atoms with Gasteiger partial charge in [0.2, 0.25) is 5.95 Å². The maximum atomic E-state index is 12.8. The van der Waals surface area contributed by atoms with Gasteiger partial charge in [-0.3, -0.25) is 9.78 Å². The molecular formula is C18H18N4O3. The van der Waals surface area contributed by atoms with Gasteiger partial charge in [0.05, 0.1) is 25.7 Å². The van der Waals surface area contributed by atoms with E-state index in [1.165, 1.54) is 0 Å². The number of rotatable bonds is 3. The van der Waals surface area contributed by atoms with E-state index in [-0.39, 0.29) is 5.56 Å². The van der Waals surface area contributed by atoms with Crippen LogP contribution < -0.4 is 15.2 Å². The number of morpholine rings is 1. The maximum Gasteiger partial charge on any atom is 0.262 e. The third-order valence-corrected chi connectivity index (χ3v) is 4.29. The summed E-state index contributed by atoms with van der Waals surface area (Å²) < 4.78 is 10.6. The fourth-order valence-electron chi connectivity index (χ4n) is 3.01. The van der Waals surface area contributed by atoms with Gasteiger partial charge in [0.15, 0.2) is 5.65 Å². The Hall–Kier alpha value is -2.93. The van der Waals surface area contributed by atoms with Gasteiger partial charge in [-0.25, -0.2) is 4.98 Å². The van der Waals surface area contributed by atoms with Gasteiger partial charge in [0.25, 0.3) is 5.56 Å². The fraction of sp³-hybridized carbons (Fsp3) is 0.278. The largest absolute Gasteiger partial charge is 0.497 e. The monoisotopic (exact) mass is 338 g/mol. The number of hydrogen-bond acceptors (Lipinski definition) is 6. The second-order valence-corrected chi connectivity index (χ2v) is 5.78. The van der Waals surface area contributed by atoms with Gasteiger partial charge >= 0.3 is 0 Å². The van der Waals surface area contributed by atoms with Gasteiger partial charge in [-0.15, -0.1) is 0 Å². The lowest BCUT2D eigenvalue weighted by Crippen LogP contribution is -2.38. The summed E-state index contributed by atoms with van der Waals surface area (Å²) in [5.74, 6) is 1.27. The number of benzene rings is 1. The zero-order valence-electron chi connectivity index (χ0n) is 13.9. The summed E-state index contributed by atoms with van der Waals surface area (Å²) in [4.78, 5) is 26.5. The number of fused-ring (bicyclic) bond motifs is 1. The van der Waals surface area contributed by atoms with Crippen molar-refractivity contribution in [2.45, 2.75) is 0 Å². The maximum absolute atomic E-state index is 12.8. The average Bonchev–Trinajstić information content (AvgIpc) is 2.68. The number of H-pyrrole nitrogens is 1. The molecule has 7 heteroatoms. The van der Waals surface area contributed by atoms with Crippen LogP contribution >= 0.6 is 0 Å². The summed E-state index contributed by atoms with van der Waals surface area (Å²) in [6, 6.07) is 9.41. The first kappa shape index (κ1) is 15.6. The highest BCUT2D eigenvalue weighted by atomic mass is 16.5. The molecule has 0 saturated carbocycles. The molecular weight excluding hydrogens is 320 g/mol. The molecule has 0 aliphatic carbocycles. The van der Waals surface area contributed by atoms with Crippen molar-refractivity contribution in [3.05, 3.63) is 46.9 Å². The Balaban J connectivity index is 1.85. The zero-order valence-corrected chi connectivity index (χ0v) is 13.9. The molecule has 1 aromatic carbocycles. The highest BCUT2D eigenvalue weighted by Crippen LogP contribution is 2.27. The quantitative estimate of drug-likeness (QED) is 0.785. The van der Waals surface area contributed by atoms with Gasteiger partial charge in [0, 0.05) is 19.3 Å². The third kappa shape index (κ3) is 2.94. The summed E-state index contributed by atoms with van der Waals surface area (Å²) in [6.07, 6.45) is 1.67. The van der Waals surface area contributed by atoms with E-state index in [0.29, 0.717) is 43.3 Å². The average molecular weight is 338 g/mol. The molecule has 3 aromatic rings. The van der Waals surface area contributed by atoms with Crippen LogP contribution in [0, 0.1) is 0 Å². The van der Waals surface area contributed by atoms with Crippen LogP contribution in [0.2, 0.25) is 0 Å². The molecule has 0 radical (unpaired) electrons. The van der Waals surface area contributed by atoms with Crippen LogP contribution in [0.5, 0.6) is 5.75 Å². The van der Waals surface area contributed by atoms with E-state index in [4.69, 9.17) is 9.47 Å². The highest BCUT2D eigenvalue weighted by molar-refractivity contribution is 5.92. The Kier molecular flexibility index (Phi) is 4.07. The molecule has 2 aromatic heterocycles. The van der Waals surface area contributed by atoms with Gasteiger partial charge in [-0.2, -0.15) is 4.98 Å². The molecule has 1 saturated heterocycles. The van der Waals surface area contributed by atoms with E-state index >= 15 is 0 Å². The topological polar surface area (TPSA) is 80.3 Å². The Morgan fingerprint density at radius 2 is 2.08 bits per heavy atom. The van der Waals surface area contributed by atoms with Gasteiger partial charge < -0.3 is 14.4 Å². The standard InChI is InChI=1S/C18H18N4O3/c1-24-13-4-2-3-12(11-13)14-5-6-19-16-15(14)17(23)21-18(20-16)22-7-9-25-10-8-22/h2-6,11H,7-10H2,1H3,(H,19,20,21,23). The lowest BCUT2D eigenvalue weighted by atomic mass is 10.0. The summed E-state index contributed by atoms with van der Waals surface area (Å²) in [6.45, 7) is 2.64. The number of aromatic amines is 1. The van der Waals surface area contributed by atoms with Crippen molar-refractivity contribution >= 4 is 17.0 Å². The number of pyridine rings is 1. The van der Waals surface area contributed by atoms with Crippen LogP contribution in [-0.4, -0.2) is 48.4 Å². The van der Waals surface area contributed by atoms with Crippen molar-refractivity contribution in [3.8, 4) is 16.9 Å². The molecule has 1 aliphatic rings. The minimum Gasteiger partial charge on any atom is -0.497 e. The van der Waals surface area contributed by atoms with Crippen molar-refractivity contribution in [2.75, 3.05) is 38.3 Å². The Bertz CT molecular complexity index is 964. The van der Waals surface area contributed by atoms with E-state index in [1.54, 1.807) is 13.3 Å². The predicted octanol–water partition coefficient (Wildman–Crippen LogP) is 1.83.